The number of benzene rings is 1. The van der Waals surface area contributed by atoms with Gasteiger partial charge in [-0.05, 0) is 37.1 Å². The summed E-state index contributed by atoms with van der Waals surface area (Å²) in [5.74, 6) is -0.170. The van der Waals surface area contributed by atoms with Gasteiger partial charge in [0.1, 0.15) is 11.5 Å². The summed E-state index contributed by atoms with van der Waals surface area (Å²) in [6.45, 7) is 5.00. The number of amides is 2. The Morgan fingerprint density at radius 3 is 2.27 bits per heavy atom. The van der Waals surface area contributed by atoms with E-state index in [1.165, 1.54) is 29.9 Å². The number of carbonyl (C=O) groups is 2. The Labute approximate surface area is 176 Å². The maximum absolute atomic E-state index is 13.2. The van der Waals surface area contributed by atoms with Crippen molar-refractivity contribution in [2.24, 2.45) is 0 Å². The van der Waals surface area contributed by atoms with Crippen LogP contribution in [0.25, 0.3) is 5.69 Å². The maximum Gasteiger partial charge on any atom is 0.277 e. The van der Waals surface area contributed by atoms with E-state index < -0.39 is 0 Å². The van der Waals surface area contributed by atoms with Gasteiger partial charge in [-0.25, -0.2) is 9.37 Å². The van der Waals surface area contributed by atoms with E-state index in [2.05, 4.69) is 4.98 Å². The average Bonchev–Trinajstić information content (AvgIpc) is 3.08. The van der Waals surface area contributed by atoms with Crippen LogP contribution in [0.4, 0.5) is 4.39 Å². The van der Waals surface area contributed by atoms with Crippen molar-refractivity contribution in [3.8, 4) is 5.69 Å². The van der Waals surface area contributed by atoms with Crippen LogP contribution in [0.15, 0.2) is 36.8 Å². The minimum absolute atomic E-state index is 0.0882. The minimum atomic E-state index is -0.319. The molecule has 1 aromatic heterocycles. The van der Waals surface area contributed by atoms with Crippen molar-refractivity contribution in [3.63, 3.8) is 0 Å². The molecule has 2 saturated heterocycles. The van der Waals surface area contributed by atoms with Gasteiger partial charge in [0.25, 0.3) is 11.8 Å². The number of halogens is 1. The molecule has 30 heavy (non-hydrogen) atoms. The zero-order chi connectivity index (χ0) is 20.9. The second-order valence-corrected chi connectivity index (χ2v) is 8.14. The Morgan fingerprint density at radius 1 is 0.933 bits per heavy atom. The first kappa shape index (κ1) is 20.5. The van der Waals surface area contributed by atoms with Crippen LogP contribution in [0, 0.1) is 5.82 Å². The predicted molar refractivity (Wildman–Crippen MR) is 110 cm³/mol. The highest BCUT2D eigenvalue weighted by Crippen LogP contribution is 2.14. The lowest BCUT2D eigenvalue weighted by molar-refractivity contribution is -0.896. The third-order valence-electron chi connectivity index (χ3n) is 6.08. The van der Waals surface area contributed by atoms with Crippen molar-refractivity contribution in [2.45, 2.75) is 25.7 Å². The summed E-state index contributed by atoms with van der Waals surface area (Å²) < 4.78 is 14.9. The summed E-state index contributed by atoms with van der Waals surface area (Å²) in [6, 6.07) is 5.99. The number of aromatic nitrogens is 2. The molecule has 8 heteroatoms. The van der Waals surface area contributed by atoms with Gasteiger partial charge in [0.2, 0.25) is 0 Å². The van der Waals surface area contributed by atoms with E-state index in [1.807, 2.05) is 9.80 Å². The molecule has 2 fully saturated rings. The summed E-state index contributed by atoms with van der Waals surface area (Å²) in [5, 5.41) is 0. The number of likely N-dealkylation sites (tertiary alicyclic amines) is 1. The third kappa shape index (κ3) is 4.70. The maximum atomic E-state index is 13.2. The molecule has 1 aromatic carbocycles. The van der Waals surface area contributed by atoms with Gasteiger partial charge in [0.15, 0.2) is 6.54 Å². The highest BCUT2D eigenvalue weighted by Gasteiger charge is 2.29. The molecule has 0 atom stereocenters. The van der Waals surface area contributed by atoms with Crippen molar-refractivity contribution in [1.29, 1.82) is 0 Å². The second-order valence-electron chi connectivity index (χ2n) is 8.14. The van der Waals surface area contributed by atoms with Gasteiger partial charge in [-0.3, -0.25) is 14.2 Å². The Bertz CT molecular complexity index is 866. The lowest BCUT2D eigenvalue weighted by atomic mass is 10.2. The lowest BCUT2D eigenvalue weighted by Crippen LogP contribution is -3.15. The normalized spacial score (nSPS) is 18.3. The van der Waals surface area contributed by atoms with Crippen molar-refractivity contribution in [1.82, 2.24) is 19.4 Å². The molecule has 160 valence electrons. The quantitative estimate of drug-likeness (QED) is 0.803. The van der Waals surface area contributed by atoms with Crippen LogP contribution in [0.1, 0.15) is 36.2 Å². The second kappa shape index (κ2) is 9.38. The first-order chi connectivity index (χ1) is 14.6. The third-order valence-corrected chi connectivity index (χ3v) is 6.08. The number of nitrogens with one attached hydrogen (secondary N) is 1. The van der Waals surface area contributed by atoms with E-state index in [0.29, 0.717) is 31.0 Å². The van der Waals surface area contributed by atoms with Crippen molar-refractivity contribution in [3.05, 3.63) is 48.3 Å². The molecule has 3 heterocycles. The lowest BCUT2D eigenvalue weighted by Gasteiger charge is -2.33. The molecule has 0 aliphatic carbocycles. The molecule has 0 unspecified atom stereocenters. The summed E-state index contributed by atoms with van der Waals surface area (Å²) >= 11 is 0. The molecule has 4 rings (SSSR count). The van der Waals surface area contributed by atoms with Gasteiger partial charge in [-0.1, -0.05) is 12.8 Å². The summed E-state index contributed by atoms with van der Waals surface area (Å²) in [6.07, 6.45) is 7.75. The number of imidazole rings is 1. The topological polar surface area (TPSA) is 62.9 Å². The summed E-state index contributed by atoms with van der Waals surface area (Å²) in [5.41, 5.74) is 1.16. The minimum Gasteiger partial charge on any atom is -0.338 e. The monoisotopic (exact) mass is 414 g/mol. The van der Waals surface area contributed by atoms with E-state index in [9.17, 15) is 14.0 Å². The highest BCUT2D eigenvalue weighted by atomic mass is 19.1. The number of hydrogen-bond acceptors (Lipinski definition) is 3. The molecule has 2 amide bonds. The Kier molecular flexibility index (Phi) is 6.42. The zero-order valence-electron chi connectivity index (χ0n) is 17.2. The summed E-state index contributed by atoms with van der Waals surface area (Å²) in [4.78, 5) is 34.9. The molecule has 7 nitrogen and oxygen atoms in total. The number of hydrogen-bond donors (Lipinski definition) is 1. The average molecular weight is 415 g/mol. The van der Waals surface area contributed by atoms with Crippen LogP contribution in [0.5, 0.6) is 0 Å². The first-order valence-corrected chi connectivity index (χ1v) is 10.8. The van der Waals surface area contributed by atoms with Gasteiger partial charge < -0.3 is 14.7 Å². The van der Waals surface area contributed by atoms with Crippen LogP contribution in [0.3, 0.4) is 0 Å². The van der Waals surface area contributed by atoms with Gasteiger partial charge >= 0.3 is 0 Å². The van der Waals surface area contributed by atoms with Gasteiger partial charge in [0, 0.05) is 18.8 Å². The number of quaternary nitrogens is 1. The number of rotatable bonds is 4. The molecule has 0 bridgehead atoms. The number of nitrogens with zero attached hydrogens (tertiary/aromatic N) is 4. The molecule has 0 radical (unpaired) electrons. The van der Waals surface area contributed by atoms with E-state index in [0.717, 1.165) is 39.0 Å². The van der Waals surface area contributed by atoms with E-state index >= 15 is 0 Å². The van der Waals surface area contributed by atoms with E-state index in [-0.39, 0.29) is 17.6 Å². The van der Waals surface area contributed by atoms with Crippen LogP contribution in [0.2, 0.25) is 0 Å². The predicted octanol–water partition coefficient (Wildman–Crippen LogP) is 0.755. The Hall–Kier alpha value is -2.74. The van der Waals surface area contributed by atoms with Crippen LogP contribution in [-0.4, -0.2) is 77.0 Å². The van der Waals surface area contributed by atoms with Crippen molar-refractivity contribution >= 4 is 11.8 Å². The largest absolute Gasteiger partial charge is 0.338 e. The Balaban J connectivity index is 1.33. The molecule has 2 aromatic rings. The molecular weight excluding hydrogens is 385 g/mol. The summed E-state index contributed by atoms with van der Waals surface area (Å²) in [7, 11) is 0. The van der Waals surface area contributed by atoms with Crippen molar-refractivity contribution in [2.75, 3.05) is 45.8 Å². The SMILES string of the molecule is O=C(C[NH+]1CCN(C(=O)c2cncn2-c2ccc(F)cc2)CC1)N1CCCCCC1. The smallest absolute Gasteiger partial charge is 0.277 e. The zero-order valence-corrected chi connectivity index (χ0v) is 17.2. The molecule has 0 spiro atoms. The molecule has 2 aliphatic heterocycles. The fraction of sp³-hybridized carbons (Fsp3) is 0.500. The molecule has 2 aliphatic rings. The molecule has 0 saturated carbocycles. The standard InChI is InChI=1S/C22H28FN5O2/c23-18-5-7-19(8-6-18)28-17-24-15-20(28)22(30)27-13-11-25(12-14-27)16-21(29)26-9-3-1-2-4-10-26/h5-8,15,17H,1-4,9-14,16H2/p+1. The number of carbonyl (C=O) groups excluding carboxylic acids is 2. The van der Waals surface area contributed by atoms with Crippen LogP contribution >= 0.6 is 0 Å². The van der Waals surface area contributed by atoms with E-state index in [4.69, 9.17) is 0 Å². The fourth-order valence-electron chi connectivity index (χ4n) is 4.27. The fourth-order valence-corrected chi connectivity index (χ4v) is 4.27. The molecule has 1 N–H and O–H groups in total. The van der Waals surface area contributed by atoms with Crippen LogP contribution in [-0.2, 0) is 4.79 Å². The van der Waals surface area contributed by atoms with Gasteiger partial charge in [-0.15, -0.1) is 0 Å². The number of piperazine rings is 1. The van der Waals surface area contributed by atoms with Crippen molar-refractivity contribution < 1.29 is 18.9 Å². The van der Waals surface area contributed by atoms with Gasteiger partial charge in [-0.2, -0.15) is 0 Å². The molecular formula is C22H29FN5O2+. The highest BCUT2D eigenvalue weighted by molar-refractivity contribution is 5.93. The van der Waals surface area contributed by atoms with Crippen LogP contribution < -0.4 is 4.90 Å². The Morgan fingerprint density at radius 2 is 1.60 bits per heavy atom. The first-order valence-electron chi connectivity index (χ1n) is 10.8. The van der Waals surface area contributed by atoms with Gasteiger partial charge in [0.05, 0.1) is 38.7 Å². The van der Waals surface area contributed by atoms with E-state index in [1.54, 1.807) is 29.2 Å².